The first-order chi connectivity index (χ1) is 10.6. The van der Waals surface area contributed by atoms with Crippen LogP contribution < -0.4 is 5.32 Å². The van der Waals surface area contributed by atoms with E-state index in [2.05, 4.69) is 26.3 Å². The number of hydrogen-bond acceptors (Lipinski definition) is 4. The minimum absolute atomic E-state index is 0.289. The van der Waals surface area contributed by atoms with Gasteiger partial charge in [0.05, 0.1) is 18.1 Å². The number of amides is 1. The molecule has 0 unspecified atom stereocenters. The number of aromatic nitrogens is 4. The Hall–Kier alpha value is -3.20. The van der Waals surface area contributed by atoms with Gasteiger partial charge in [-0.2, -0.15) is 5.10 Å². The Labute approximate surface area is 127 Å². The van der Waals surface area contributed by atoms with Gasteiger partial charge in [-0.3, -0.25) is 4.79 Å². The summed E-state index contributed by atoms with van der Waals surface area (Å²) in [4.78, 5) is 20.8. The van der Waals surface area contributed by atoms with Gasteiger partial charge in [0.2, 0.25) is 0 Å². The second-order valence-corrected chi connectivity index (χ2v) is 4.86. The van der Waals surface area contributed by atoms with Crippen molar-refractivity contribution < 1.29 is 4.79 Å². The van der Waals surface area contributed by atoms with E-state index in [1.165, 1.54) is 12.4 Å². The van der Waals surface area contributed by atoms with Crippen LogP contribution >= 0.6 is 0 Å². The van der Waals surface area contributed by atoms with Crippen LogP contribution in [0.2, 0.25) is 0 Å². The zero-order valence-corrected chi connectivity index (χ0v) is 12.2. The van der Waals surface area contributed by atoms with E-state index < -0.39 is 0 Å². The fourth-order valence-electron chi connectivity index (χ4n) is 2.18. The number of terminal acetylenes is 1. The quantitative estimate of drug-likeness (QED) is 0.733. The van der Waals surface area contributed by atoms with E-state index in [9.17, 15) is 4.79 Å². The zero-order valence-electron chi connectivity index (χ0n) is 12.2. The molecule has 0 saturated carbocycles. The Bertz CT molecular complexity index is 903. The molecule has 0 aliphatic heterocycles. The molecule has 108 valence electrons. The van der Waals surface area contributed by atoms with E-state index in [0.29, 0.717) is 22.6 Å². The lowest BCUT2D eigenvalue weighted by Crippen LogP contribution is -2.12. The highest BCUT2D eigenvalue weighted by atomic mass is 16.1. The second-order valence-electron chi connectivity index (χ2n) is 4.86. The SMILES string of the molecule is C#Cc1ccc(NC(=O)c2cnn3c(C)cc(C)nc23)cn1. The van der Waals surface area contributed by atoms with Crippen LogP contribution in [0.4, 0.5) is 5.69 Å². The highest BCUT2D eigenvalue weighted by molar-refractivity contribution is 6.08. The molecule has 22 heavy (non-hydrogen) atoms. The van der Waals surface area contributed by atoms with Crippen molar-refractivity contribution in [1.82, 2.24) is 19.6 Å². The lowest BCUT2D eigenvalue weighted by molar-refractivity contribution is 0.102. The third kappa shape index (κ3) is 2.40. The van der Waals surface area contributed by atoms with Gasteiger partial charge in [-0.05, 0) is 32.0 Å². The smallest absolute Gasteiger partial charge is 0.261 e. The molecule has 3 aromatic heterocycles. The summed E-state index contributed by atoms with van der Waals surface area (Å²) in [5.74, 6) is 2.14. The molecule has 0 aromatic carbocycles. The molecule has 0 aliphatic rings. The summed E-state index contributed by atoms with van der Waals surface area (Å²) >= 11 is 0. The van der Waals surface area contributed by atoms with Crippen LogP contribution in [0.25, 0.3) is 5.65 Å². The first-order valence-electron chi connectivity index (χ1n) is 6.64. The Kier molecular flexibility index (Phi) is 3.31. The zero-order chi connectivity index (χ0) is 15.7. The van der Waals surface area contributed by atoms with Crippen molar-refractivity contribution in [2.45, 2.75) is 13.8 Å². The lowest BCUT2D eigenvalue weighted by Gasteiger charge is -2.04. The summed E-state index contributed by atoms with van der Waals surface area (Å²) in [6.45, 7) is 3.79. The maximum atomic E-state index is 12.4. The third-order valence-electron chi connectivity index (χ3n) is 3.19. The predicted octanol–water partition coefficient (Wildman–Crippen LogP) is 1.97. The summed E-state index contributed by atoms with van der Waals surface area (Å²) in [5, 5.41) is 6.96. The Morgan fingerprint density at radius 3 is 2.82 bits per heavy atom. The van der Waals surface area contributed by atoms with E-state index in [0.717, 1.165) is 11.4 Å². The van der Waals surface area contributed by atoms with Crippen molar-refractivity contribution >= 4 is 17.2 Å². The molecule has 1 N–H and O–H groups in total. The number of anilines is 1. The molecule has 0 fully saturated rings. The predicted molar refractivity (Wildman–Crippen MR) is 82.6 cm³/mol. The Morgan fingerprint density at radius 1 is 1.32 bits per heavy atom. The number of rotatable bonds is 2. The van der Waals surface area contributed by atoms with Crippen molar-refractivity contribution in [1.29, 1.82) is 0 Å². The van der Waals surface area contributed by atoms with Gasteiger partial charge in [-0.15, -0.1) is 6.42 Å². The molecule has 0 bridgehead atoms. The highest BCUT2D eigenvalue weighted by Crippen LogP contribution is 2.14. The molecular weight excluding hydrogens is 278 g/mol. The minimum atomic E-state index is -0.289. The molecule has 0 radical (unpaired) electrons. The van der Waals surface area contributed by atoms with Crippen LogP contribution in [-0.2, 0) is 0 Å². The van der Waals surface area contributed by atoms with Gasteiger partial charge in [0.1, 0.15) is 11.3 Å². The van der Waals surface area contributed by atoms with Gasteiger partial charge in [0.25, 0.3) is 5.91 Å². The number of aryl methyl sites for hydroxylation is 2. The summed E-state index contributed by atoms with van der Waals surface area (Å²) in [7, 11) is 0. The normalized spacial score (nSPS) is 10.4. The fourth-order valence-corrected chi connectivity index (χ4v) is 2.18. The Balaban J connectivity index is 1.93. The number of hydrogen-bond donors (Lipinski definition) is 1. The van der Waals surface area contributed by atoms with Gasteiger partial charge in [-0.1, -0.05) is 5.92 Å². The van der Waals surface area contributed by atoms with Gasteiger partial charge in [0, 0.05) is 11.4 Å². The standard InChI is InChI=1S/C16H13N5O/c1-4-12-5-6-13(8-17-12)20-16(22)14-9-18-21-11(3)7-10(2)19-15(14)21/h1,5-9H,2-3H3,(H,20,22). The number of carbonyl (C=O) groups excluding carboxylic acids is 1. The maximum absolute atomic E-state index is 12.4. The van der Waals surface area contributed by atoms with Gasteiger partial charge >= 0.3 is 0 Å². The van der Waals surface area contributed by atoms with Crippen LogP contribution in [0, 0.1) is 26.2 Å². The first-order valence-corrected chi connectivity index (χ1v) is 6.64. The molecule has 0 aliphatic carbocycles. The van der Waals surface area contributed by atoms with Crippen molar-refractivity contribution in [2.75, 3.05) is 5.32 Å². The van der Waals surface area contributed by atoms with E-state index >= 15 is 0 Å². The number of pyridine rings is 1. The van der Waals surface area contributed by atoms with Gasteiger partial charge in [-0.25, -0.2) is 14.5 Å². The summed E-state index contributed by atoms with van der Waals surface area (Å²) in [6, 6.07) is 5.28. The molecule has 0 atom stereocenters. The van der Waals surface area contributed by atoms with E-state index in [-0.39, 0.29) is 5.91 Å². The van der Waals surface area contributed by atoms with Crippen molar-refractivity contribution in [3.63, 3.8) is 0 Å². The first kappa shape index (κ1) is 13.8. The molecule has 6 nitrogen and oxygen atoms in total. The molecule has 0 saturated heterocycles. The highest BCUT2D eigenvalue weighted by Gasteiger charge is 2.15. The summed E-state index contributed by atoms with van der Waals surface area (Å²) < 4.78 is 1.64. The fraction of sp³-hybridized carbons (Fsp3) is 0.125. The summed E-state index contributed by atoms with van der Waals surface area (Å²) in [6.07, 6.45) is 8.27. The molecule has 6 heteroatoms. The molecule has 1 amide bonds. The third-order valence-corrected chi connectivity index (χ3v) is 3.19. The number of fused-ring (bicyclic) bond motifs is 1. The molecule has 0 spiro atoms. The molecule has 3 rings (SSSR count). The largest absolute Gasteiger partial charge is 0.320 e. The van der Waals surface area contributed by atoms with Crippen LogP contribution in [0.5, 0.6) is 0 Å². The maximum Gasteiger partial charge on any atom is 0.261 e. The topological polar surface area (TPSA) is 72.2 Å². The average molecular weight is 291 g/mol. The van der Waals surface area contributed by atoms with Crippen LogP contribution in [0.1, 0.15) is 27.4 Å². The van der Waals surface area contributed by atoms with Crippen molar-refractivity contribution in [2.24, 2.45) is 0 Å². The molecular formula is C16H13N5O. The monoisotopic (exact) mass is 291 g/mol. The van der Waals surface area contributed by atoms with Gasteiger partial charge in [0.15, 0.2) is 5.65 Å². The molecule has 3 heterocycles. The number of nitrogens with one attached hydrogen (secondary N) is 1. The average Bonchev–Trinajstić information content (AvgIpc) is 2.92. The minimum Gasteiger partial charge on any atom is -0.320 e. The van der Waals surface area contributed by atoms with Crippen molar-refractivity contribution in [3.8, 4) is 12.3 Å². The van der Waals surface area contributed by atoms with Crippen LogP contribution in [-0.4, -0.2) is 25.5 Å². The van der Waals surface area contributed by atoms with Gasteiger partial charge < -0.3 is 5.32 Å². The van der Waals surface area contributed by atoms with Crippen LogP contribution in [0.15, 0.2) is 30.6 Å². The van der Waals surface area contributed by atoms with E-state index in [1.54, 1.807) is 16.6 Å². The van der Waals surface area contributed by atoms with E-state index in [1.807, 2.05) is 19.9 Å². The lowest BCUT2D eigenvalue weighted by atomic mass is 10.2. The molecule has 3 aromatic rings. The Morgan fingerprint density at radius 2 is 2.14 bits per heavy atom. The van der Waals surface area contributed by atoms with Crippen LogP contribution in [0.3, 0.4) is 0 Å². The second kappa shape index (κ2) is 5.30. The van der Waals surface area contributed by atoms with Crippen molar-refractivity contribution in [3.05, 3.63) is 53.2 Å². The number of nitrogens with zero attached hydrogens (tertiary/aromatic N) is 4. The van der Waals surface area contributed by atoms with E-state index in [4.69, 9.17) is 6.42 Å². The summed E-state index contributed by atoms with van der Waals surface area (Å²) in [5.41, 5.74) is 3.77. The number of carbonyl (C=O) groups is 1.